The maximum Gasteiger partial charge on any atom is 0.191 e. The molecular formula is C18H32N4S. The van der Waals surface area contributed by atoms with Gasteiger partial charge in [-0.25, -0.2) is 0 Å². The maximum atomic E-state index is 4.78. The molecule has 0 aromatic carbocycles. The Morgan fingerprint density at radius 1 is 1.30 bits per heavy atom. The van der Waals surface area contributed by atoms with Crippen LogP contribution in [0.4, 0.5) is 0 Å². The van der Waals surface area contributed by atoms with Gasteiger partial charge in [0.05, 0.1) is 0 Å². The van der Waals surface area contributed by atoms with Crippen LogP contribution in [0.15, 0.2) is 22.5 Å². The molecule has 0 amide bonds. The zero-order chi connectivity index (χ0) is 16.5. The number of nitrogens with one attached hydrogen (secondary N) is 2. The van der Waals surface area contributed by atoms with Gasteiger partial charge in [0, 0.05) is 37.0 Å². The first-order valence-electron chi connectivity index (χ1n) is 8.97. The molecule has 2 heterocycles. The van der Waals surface area contributed by atoms with E-state index in [1.165, 1.54) is 37.4 Å². The maximum absolute atomic E-state index is 4.78. The molecule has 1 aromatic rings. The highest BCUT2D eigenvalue weighted by Gasteiger charge is 2.14. The summed E-state index contributed by atoms with van der Waals surface area (Å²) in [5.74, 6) is 2.07. The first-order chi connectivity index (χ1) is 11.2. The predicted molar refractivity (Wildman–Crippen MR) is 102 cm³/mol. The van der Waals surface area contributed by atoms with E-state index in [1.54, 1.807) is 0 Å². The lowest BCUT2D eigenvalue weighted by Gasteiger charge is -2.20. The van der Waals surface area contributed by atoms with E-state index in [0.717, 1.165) is 25.6 Å². The SMILES string of the molecule is CCNC(=NCC(C)CN1CCCC1)NCC(C)c1cccs1. The molecular weight excluding hydrogens is 304 g/mol. The molecule has 0 bridgehead atoms. The zero-order valence-electron chi connectivity index (χ0n) is 14.8. The monoisotopic (exact) mass is 336 g/mol. The molecule has 23 heavy (non-hydrogen) atoms. The van der Waals surface area contributed by atoms with Gasteiger partial charge in [0.25, 0.3) is 0 Å². The first-order valence-corrected chi connectivity index (χ1v) is 9.85. The summed E-state index contributed by atoms with van der Waals surface area (Å²) in [6.07, 6.45) is 2.72. The van der Waals surface area contributed by atoms with E-state index in [0.29, 0.717) is 11.8 Å². The van der Waals surface area contributed by atoms with Crippen LogP contribution >= 0.6 is 11.3 Å². The standard InChI is InChI=1S/C18H32N4S/c1-4-19-18(21-13-16(3)17-8-7-11-23-17)20-12-15(2)14-22-9-5-6-10-22/h7-8,11,15-16H,4-6,9-10,12-14H2,1-3H3,(H2,19,20,21). The lowest BCUT2D eigenvalue weighted by molar-refractivity contribution is 0.291. The Kier molecular flexibility index (Phi) is 7.89. The van der Waals surface area contributed by atoms with Crippen molar-refractivity contribution in [3.05, 3.63) is 22.4 Å². The second-order valence-corrected chi connectivity index (χ2v) is 7.61. The molecule has 1 aliphatic rings. The Hall–Kier alpha value is -1.07. The smallest absolute Gasteiger partial charge is 0.191 e. The fraction of sp³-hybridized carbons (Fsp3) is 0.722. The average Bonchev–Trinajstić information content (AvgIpc) is 3.23. The summed E-state index contributed by atoms with van der Waals surface area (Å²) >= 11 is 1.83. The van der Waals surface area contributed by atoms with E-state index in [9.17, 15) is 0 Å². The van der Waals surface area contributed by atoms with Gasteiger partial charge in [-0.1, -0.05) is 19.9 Å². The molecule has 0 saturated carbocycles. The van der Waals surface area contributed by atoms with Gasteiger partial charge in [-0.15, -0.1) is 11.3 Å². The number of hydrogen-bond donors (Lipinski definition) is 2. The van der Waals surface area contributed by atoms with E-state index in [1.807, 2.05) is 11.3 Å². The molecule has 1 aliphatic heterocycles. The van der Waals surface area contributed by atoms with Crippen molar-refractivity contribution in [1.29, 1.82) is 0 Å². The summed E-state index contributed by atoms with van der Waals surface area (Å²) in [7, 11) is 0. The number of guanidine groups is 1. The highest BCUT2D eigenvalue weighted by atomic mass is 32.1. The van der Waals surface area contributed by atoms with E-state index >= 15 is 0 Å². The quantitative estimate of drug-likeness (QED) is 0.566. The third-order valence-corrected chi connectivity index (χ3v) is 5.38. The first kappa shape index (κ1) is 18.3. The Bertz CT molecular complexity index is 452. The molecule has 1 fully saturated rings. The van der Waals surface area contributed by atoms with Gasteiger partial charge in [0.1, 0.15) is 0 Å². The van der Waals surface area contributed by atoms with Crippen molar-refractivity contribution in [2.45, 2.75) is 39.5 Å². The number of hydrogen-bond acceptors (Lipinski definition) is 3. The summed E-state index contributed by atoms with van der Waals surface area (Å²) < 4.78 is 0. The number of rotatable bonds is 8. The van der Waals surface area contributed by atoms with Crippen molar-refractivity contribution in [3.8, 4) is 0 Å². The fourth-order valence-corrected chi connectivity index (χ4v) is 3.76. The zero-order valence-corrected chi connectivity index (χ0v) is 15.7. The van der Waals surface area contributed by atoms with Gasteiger partial charge in [-0.05, 0) is 50.2 Å². The third kappa shape index (κ3) is 6.51. The van der Waals surface area contributed by atoms with Crippen LogP contribution in [-0.4, -0.2) is 50.1 Å². The van der Waals surface area contributed by atoms with E-state index in [4.69, 9.17) is 4.99 Å². The minimum absolute atomic E-state index is 0.515. The van der Waals surface area contributed by atoms with Crippen LogP contribution in [-0.2, 0) is 0 Å². The van der Waals surface area contributed by atoms with Crippen LogP contribution in [0.5, 0.6) is 0 Å². The summed E-state index contributed by atoms with van der Waals surface area (Å²) in [6, 6.07) is 4.33. The fourth-order valence-electron chi connectivity index (χ4n) is 2.97. The molecule has 2 atom stereocenters. The molecule has 2 N–H and O–H groups in total. The summed E-state index contributed by atoms with van der Waals surface area (Å²) in [5, 5.41) is 8.99. The average molecular weight is 337 g/mol. The van der Waals surface area contributed by atoms with Gasteiger partial charge in [-0.2, -0.15) is 0 Å². The number of likely N-dealkylation sites (tertiary alicyclic amines) is 1. The Morgan fingerprint density at radius 2 is 2.09 bits per heavy atom. The van der Waals surface area contributed by atoms with Crippen molar-refractivity contribution in [3.63, 3.8) is 0 Å². The molecule has 4 nitrogen and oxygen atoms in total. The van der Waals surface area contributed by atoms with Crippen LogP contribution in [0.25, 0.3) is 0 Å². The molecule has 0 aliphatic carbocycles. The second kappa shape index (κ2) is 9.93. The Labute approximate surface area is 145 Å². The van der Waals surface area contributed by atoms with Crippen LogP contribution in [0, 0.1) is 5.92 Å². The number of aliphatic imine (C=N–C) groups is 1. The lowest BCUT2D eigenvalue weighted by atomic mass is 10.1. The Morgan fingerprint density at radius 3 is 2.74 bits per heavy atom. The largest absolute Gasteiger partial charge is 0.357 e. The van der Waals surface area contributed by atoms with Gasteiger partial charge in [0.2, 0.25) is 0 Å². The van der Waals surface area contributed by atoms with Gasteiger partial charge in [-0.3, -0.25) is 4.99 Å². The molecule has 5 heteroatoms. The second-order valence-electron chi connectivity index (χ2n) is 6.63. The Balaban J connectivity index is 1.76. The highest BCUT2D eigenvalue weighted by Crippen LogP contribution is 2.19. The van der Waals surface area contributed by atoms with Gasteiger partial charge >= 0.3 is 0 Å². The molecule has 1 saturated heterocycles. The number of nitrogens with zero attached hydrogens (tertiary/aromatic N) is 2. The molecule has 2 rings (SSSR count). The topological polar surface area (TPSA) is 39.7 Å². The minimum Gasteiger partial charge on any atom is -0.357 e. The highest BCUT2D eigenvalue weighted by molar-refractivity contribution is 7.10. The summed E-state index contributed by atoms with van der Waals surface area (Å²) in [4.78, 5) is 8.78. The normalized spacial score (nSPS) is 18.8. The van der Waals surface area contributed by atoms with Crippen molar-refractivity contribution < 1.29 is 0 Å². The third-order valence-electron chi connectivity index (χ3n) is 4.28. The molecule has 0 spiro atoms. The van der Waals surface area contributed by atoms with Crippen molar-refractivity contribution in [2.75, 3.05) is 39.3 Å². The molecule has 130 valence electrons. The predicted octanol–water partition coefficient (Wildman–Crippen LogP) is 3.14. The van der Waals surface area contributed by atoms with Gasteiger partial charge < -0.3 is 15.5 Å². The molecule has 1 aromatic heterocycles. The van der Waals surface area contributed by atoms with E-state index < -0.39 is 0 Å². The van der Waals surface area contributed by atoms with Crippen LogP contribution in [0.1, 0.15) is 44.4 Å². The van der Waals surface area contributed by atoms with Crippen molar-refractivity contribution >= 4 is 17.3 Å². The lowest BCUT2D eigenvalue weighted by Crippen LogP contribution is -2.39. The van der Waals surface area contributed by atoms with E-state index in [2.05, 4.69) is 53.8 Å². The molecule has 0 radical (unpaired) electrons. The van der Waals surface area contributed by atoms with Crippen molar-refractivity contribution in [2.24, 2.45) is 10.9 Å². The summed E-state index contributed by atoms with van der Waals surface area (Å²) in [6.45, 7) is 13.1. The van der Waals surface area contributed by atoms with Crippen LogP contribution < -0.4 is 10.6 Å². The van der Waals surface area contributed by atoms with Crippen LogP contribution in [0.3, 0.4) is 0 Å². The van der Waals surface area contributed by atoms with Crippen LogP contribution in [0.2, 0.25) is 0 Å². The van der Waals surface area contributed by atoms with Crippen molar-refractivity contribution in [1.82, 2.24) is 15.5 Å². The van der Waals surface area contributed by atoms with Gasteiger partial charge in [0.15, 0.2) is 5.96 Å². The molecule has 2 unspecified atom stereocenters. The minimum atomic E-state index is 0.515. The summed E-state index contributed by atoms with van der Waals surface area (Å²) in [5.41, 5.74) is 0. The number of thiophene rings is 1. The van der Waals surface area contributed by atoms with E-state index in [-0.39, 0.29) is 0 Å².